The molecule has 0 saturated carbocycles. The summed E-state index contributed by atoms with van der Waals surface area (Å²) in [5.74, 6) is -0.376. The molecule has 0 aromatic carbocycles. The summed E-state index contributed by atoms with van der Waals surface area (Å²) in [6.45, 7) is 0.715. The van der Waals surface area contributed by atoms with E-state index in [4.69, 9.17) is 4.74 Å². The maximum atomic E-state index is 11.1. The van der Waals surface area contributed by atoms with Crippen molar-refractivity contribution in [1.82, 2.24) is 4.98 Å². The topological polar surface area (TPSA) is 48.4 Å². The lowest BCUT2D eigenvalue weighted by molar-refractivity contribution is 0.0594. The predicted molar refractivity (Wildman–Crippen MR) is 53.7 cm³/mol. The van der Waals surface area contributed by atoms with Crippen molar-refractivity contribution < 1.29 is 14.3 Å². The zero-order valence-electron chi connectivity index (χ0n) is 8.28. The largest absolute Gasteiger partial charge is 0.464 e. The minimum absolute atomic E-state index is 0.376. The van der Waals surface area contributed by atoms with Crippen LogP contribution in [0.1, 0.15) is 21.9 Å². The van der Waals surface area contributed by atoms with E-state index >= 15 is 0 Å². The summed E-state index contributed by atoms with van der Waals surface area (Å²) < 4.78 is 9.48. The minimum Gasteiger partial charge on any atom is -0.464 e. The first-order chi connectivity index (χ1) is 6.77. The van der Waals surface area contributed by atoms with Crippen LogP contribution >= 0.6 is 11.3 Å². The van der Waals surface area contributed by atoms with Gasteiger partial charge >= 0.3 is 5.97 Å². The van der Waals surface area contributed by atoms with Crippen LogP contribution in [0, 0.1) is 0 Å². The maximum Gasteiger partial charge on any atom is 0.357 e. The molecule has 0 amide bonds. The number of aromatic nitrogens is 1. The zero-order chi connectivity index (χ0) is 10.4. The quantitative estimate of drug-likeness (QED) is 0.552. The number of esters is 1. The molecule has 0 aliphatic heterocycles. The minimum atomic E-state index is -0.376. The van der Waals surface area contributed by atoms with Crippen LogP contribution in [0.3, 0.4) is 0 Å². The van der Waals surface area contributed by atoms with E-state index in [-0.39, 0.29) is 5.97 Å². The molecule has 0 radical (unpaired) electrons. The fourth-order valence-corrected chi connectivity index (χ4v) is 1.80. The Morgan fingerprint density at radius 1 is 1.57 bits per heavy atom. The Morgan fingerprint density at radius 3 is 3.00 bits per heavy atom. The Kier molecular flexibility index (Phi) is 4.55. The normalized spacial score (nSPS) is 10.1. The first-order valence-electron chi connectivity index (χ1n) is 4.29. The Balaban J connectivity index is 2.46. The molecule has 1 aromatic heterocycles. The van der Waals surface area contributed by atoms with Crippen molar-refractivity contribution in [2.45, 2.75) is 12.8 Å². The van der Waals surface area contributed by atoms with E-state index in [1.165, 1.54) is 18.4 Å². The molecule has 5 heteroatoms. The van der Waals surface area contributed by atoms with Gasteiger partial charge in [-0.3, -0.25) is 0 Å². The van der Waals surface area contributed by atoms with Crippen molar-refractivity contribution in [2.24, 2.45) is 0 Å². The molecule has 0 unspecified atom stereocenters. The van der Waals surface area contributed by atoms with Crippen molar-refractivity contribution in [3.63, 3.8) is 0 Å². The van der Waals surface area contributed by atoms with E-state index in [9.17, 15) is 4.79 Å². The first-order valence-corrected chi connectivity index (χ1v) is 5.17. The third-order valence-electron chi connectivity index (χ3n) is 1.69. The summed E-state index contributed by atoms with van der Waals surface area (Å²) in [5, 5.41) is 2.66. The SMILES string of the molecule is COCCCc1nc(C(=O)OC)cs1. The van der Waals surface area contributed by atoms with Gasteiger partial charge in [0.15, 0.2) is 5.69 Å². The number of hydrogen-bond acceptors (Lipinski definition) is 5. The van der Waals surface area contributed by atoms with Crippen molar-refractivity contribution in [3.8, 4) is 0 Å². The van der Waals surface area contributed by atoms with Gasteiger partial charge in [0.05, 0.1) is 12.1 Å². The molecule has 0 N–H and O–H groups in total. The number of thiazole rings is 1. The molecule has 78 valence electrons. The molecule has 1 heterocycles. The number of aryl methyl sites for hydroxylation is 1. The Morgan fingerprint density at radius 2 is 2.36 bits per heavy atom. The molecule has 0 fully saturated rings. The van der Waals surface area contributed by atoms with Crippen LogP contribution in [0.25, 0.3) is 0 Å². The lowest BCUT2D eigenvalue weighted by Crippen LogP contribution is -2.01. The van der Waals surface area contributed by atoms with Gasteiger partial charge in [0.2, 0.25) is 0 Å². The van der Waals surface area contributed by atoms with Crippen molar-refractivity contribution in [1.29, 1.82) is 0 Å². The van der Waals surface area contributed by atoms with E-state index in [1.54, 1.807) is 12.5 Å². The summed E-state index contributed by atoms with van der Waals surface area (Å²) in [7, 11) is 3.02. The summed E-state index contributed by atoms with van der Waals surface area (Å²) in [5.41, 5.74) is 0.393. The molecule has 1 aromatic rings. The second-order valence-corrected chi connectivity index (χ2v) is 3.66. The van der Waals surface area contributed by atoms with Crippen LogP contribution < -0.4 is 0 Å². The van der Waals surface area contributed by atoms with Crippen molar-refractivity contribution in [2.75, 3.05) is 20.8 Å². The number of nitrogens with zero attached hydrogens (tertiary/aromatic N) is 1. The molecule has 0 atom stereocenters. The molecule has 0 spiro atoms. The molecular formula is C9H13NO3S. The smallest absolute Gasteiger partial charge is 0.357 e. The van der Waals surface area contributed by atoms with Gasteiger partial charge in [-0.05, 0) is 6.42 Å². The van der Waals surface area contributed by atoms with E-state index < -0.39 is 0 Å². The van der Waals surface area contributed by atoms with Crippen LogP contribution in [0.4, 0.5) is 0 Å². The number of ether oxygens (including phenoxy) is 2. The predicted octanol–water partition coefficient (Wildman–Crippen LogP) is 1.51. The second kappa shape index (κ2) is 5.72. The monoisotopic (exact) mass is 215 g/mol. The molecule has 0 saturated heterocycles. The molecule has 0 aliphatic rings. The van der Waals surface area contributed by atoms with Crippen molar-refractivity contribution >= 4 is 17.3 Å². The highest BCUT2D eigenvalue weighted by Crippen LogP contribution is 2.12. The summed E-state index contributed by atoms with van der Waals surface area (Å²) in [6, 6.07) is 0. The van der Waals surface area contributed by atoms with Gasteiger partial charge in [-0.1, -0.05) is 0 Å². The van der Waals surface area contributed by atoms with E-state index in [1.807, 2.05) is 0 Å². The average Bonchev–Trinajstić information content (AvgIpc) is 2.66. The highest BCUT2D eigenvalue weighted by molar-refractivity contribution is 7.09. The van der Waals surface area contributed by atoms with Crippen LogP contribution in [-0.2, 0) is 15.9 Å². The van der Waals surface area contributed by atoms with Crippen LogP contribution in [-0.4, -0.2) is 31.8 Å². The molecule has 0 bridgehead atoms. The summed E-state index contributed by atoms with van der Waals surface area (Å²) >= 11 is 1.48. The van der Waals surface area contributed by atoms with Gasteiger partial charge < -0.3 is 9.47 Å². The average molecular weight is 215 g/mol. The van der Waals surface area contributed by atoms with Gasteiger partial charge in [-0.25, -0.2) is 9.78 Å². The Bertz CT molecular complexity index is 298. The zero-order valence-corrected chi connectivity index (χ0v) is 9.10. The van der Waals surface area contributed by atoms with Gasteiger partial charge in [0.1, 0.15) is 0 Å². The molecule has 14 heavy (non-hydrogen) atoms. The fourth-order valence-electron chi connectivity index (χ4n) is 0.992. The van der Waals surface area contributed by atoms with Gasteiger partial charge in [0.25, 0.3) is 0 Å². The first kappa shape index (κ1) is 11.1. The number of carbonyl (C=O) groups is 1. The molecule has 1 rings (SSSR count). The summed E-state index contributed by atoms with van der Waals surface area (Å²) in [6.07, 6.45) is 1.76. The van der Waals surface area contributed by atoms with E-state index in [0.717, 1.165) is 17.8 Å². The lowest BCUT2D eigenvalue weighted by atomic mass is 10.3. The van der Waals surface area contributed by atoms with E-state index in [0.29, 0.717) is 12.3 Å². The van der Waals surface area contributed by atoms with Crippen LogP contribution in [0.15, 0.2) is 5.38 Å². The number of hydrogen-bond donors (Lipinski definition) is 0. The third kappa shape index (κ3) is 3.08. The highest BCUT2D eigenvalue weighted by Gasteiger charge is 2.09. The van der Waals surface area contributed by atoms with Gasteiger partial charge in [-0.15, -0.1) is 11.3 Å². The van der Waals surface area contributed by atoms with E-state index in [2.05, 4.69) is 9.72 Å². The standard InChI is InChI=1S/C9H13NO3S/c1-12-5-3-4-8-10-7(6-14-8)9(11)13-2/h6H,3-5H2,1-2H3. The highest BCUT2D eigenvalue weighted by atomic mass is 32.1. The Labute approximate surface area is 86.9 Å². The third-order valence-corrected chi connectivity index (χ3v) is 2.59. The van der Waals surface area contributed by atoms with Gasteiger partial charge in [-0.2, -0.15) is 0 Å². The number of rotatable bonds is 5. The lowest BCUT2D eigenvalue weighted by Gasteiger charge is -1.95. The number of methoxy groups -OCH3 is 2. The fraction of sp³-hybridized carbons (Fsp3) is 0.556. The van der Waals surface area contributed by atoms with Crippen LogP contribution in [0.5, 0.6) is 0 Å². The Hall–Kier alpha value is -0.940. The van der Waals surface area contributed by atoms with Crippen LogP contribution in [0.2, 0.25) is 0 Å². The second-order valence-electron chi connectivity index (χ2n) is 2.71. The molecule has 4 nitrogen and oxygen atoms in total. The number of carbonyl (C=O) groups excluding carboxylic acids is 1. The summed E-state index contributed by atoms with van der Waals surface area (Å²) in [4.78, 5) is 15.2. The molecular weight excluding hydrogens is 202 g/mol. The maximum absolute atomic E-state index is 11.1. The molecule has 0 aliphatic carbocycles. The van der Waals surface area contributed by atoms with Gasteiger partial charge in [0, 0.05) is 25.5 Å². The van der Waals surface area contributed by atoms with Crippen molar-refractivity contribution in [3.05, 3.63) is 16.1 Å².